The van der Waals surface area contributed by atoms with Crippen LogP contribution in [0.25, 0.3) is 0 Å². The first kappa shape index (κ1) is 16.2. The van der Waals surface area contributed by atoms with Gasteiger partial charge in [-0.15, -0.1) is 0 Å². The summed E-state index contributed by atoms with van der Waals surface area (Å²) in [5.74, 6) is -0.348. The van der Waals surface area contributed by atoms with Crippen molar-refractivity contribution < 1.29 is 9.59 Å². The van der Waals surface area contributed by atoms with E-state index in [1.165, 1.54) is 0 Å². The molecule has 0 heterocycles. The molecule has 0 spiro atoms. The molecule has 0 aliphatic rings. The highest BCUT2D eigenvalue weighted by Gasteiger charge is 2.30. The molecule has 20 heavy (non-hydrogen) atoms. The highest BCUT2D eigenvalue weighted by Crippen LogP contribution is 2.20. The van der Waals surface area contributed by atoms with Gasteiger partial charge in [-0.1, -0.05) is 13.8 Å². The molecule has 1 aromatic rings. The van der Waals surface area contributed by atoms with E-state index in [1.54, 1.807) is 25.2 Å². The van der Waals surface area contributed by atoms with Crippen molar-refractivity contribution in [3.8, 4) is 0 Å². The number of aryl methyl sites for hydroxylation is 1. The molecule has 0 bridgehead atoms. The van der Waals surface area contributed by atoms with Crippen LogP contribution in [-0.2, 0) is 4.79 Å². The van der Waals surface area contributed by atoms with Crippen molar-refractivity contribution >= 4 is 17.5 Å². The van der Waals surface area contributed by atoms with Crippen LogP contribution in [0.3, 0.4) is 0 Å². The Labute approximate surface area is 119 Å². The van der Waals surface area contributed by atoms with Crippen molar-refractivity contribution in [1.82, 2.24) is 5.32 Å². The largest absolute Gasteiger partial charge is 0.355 e. The predicted molar refractivity (Wildman–Crippen MR) is 80.7 cm³/mol. The van der Waals surface area contributed by atoms with Crippen LogP contribution in [0.1, 0.15) is 42.6 Å². The van der Waals surface area contributed by atoms with E-state index in [0.717, 1.165) is 5.56 Å². The summed E-state index contributed by atoms with van der Waals surface area (Å²) in [5.41, 5.74) is 7.28. The van der Waals surface area contributed by atoms with Crippen molar-refractivity contribution in [3.05, 3.63) is 29.3 Å². The summed E-state index contributed by atoms with van der Waals surface area (Å²) in [6, 6.07) is 5.14. The van der Waals surface area contributed by atoms with Crippen molar-refractivity contribution in [2.45, 2.75) is 39.2 Å². The Hall–Kier alpha value is -1.88. The third kappa shape index (κ3) is 3.36. The maximum Gasteiger partial charge on any atom is 0.251 e. The van der Waals surface area contributed by atoms with Crippen molar-refractivity contribution in [2.75, 3.05) is 12.4 Å². The molecule has 0 aromatic heterocycles. The van der Waals surface area contributed by atoms with Crippen LogP contribution in [0.15, 0.2) is 18.2 Å². The Kier molecular flexibility index (Phi) is 5.27. The second-order valence-corrected chi connectivity index (χ2v) is 4.93. The van der Waals surface area contributed by atoms with E-state index >= 15 is 0 Å². The fraction of sp³-hybridized carbons (Fsp3) is 0.467. The van der Waals surface area contributed by atoms with Gasteiger partial charge in [0.1, 0.15) is 0 Å². The molecular weight excluding hydrogens is 254 g/mol. The second kappa shape index (κ2) is 6.52. The summed E-state index contributed by atoms with van der Waals surface area (Å²) in [6.45, 7) is 5.63. The summed E-state index contributed by atoms with van der Waals surface area (Å²) in [4.78, 5) is 23.7. The van der Waals surface area contributed by atoms with Crippen LogP contribution in [0.2, 0.25) is 0 Å². The number of nitrogens with one attached hydrogen (secondary N) is 2. The zero-order chi connectivity index (χ0) is 15.3. The van der Waals surface area contributed by atoms with E-state index in [9.17, 15) is 9.59 Å². The van der Waals surface area contributed by atoms with Gasteiger partial charge in [0.05, 0.1) is 5.54 Å². The first-order valence-electron chi connectivity index (χ1n) is 6.81. The van der Waals surface area contributed by atoms with Gasteiger partial charge in [0.25, 0.3) is 5.91 Å². The molecule has 0 aliphatic carbocycles. The predicted octanol–water partition coefficient (Wildman–Crippen LogP) is 1.81. The number of rotatable bonds is 5. The van der Waals surface area contributed by atoms with Gasteiger partial charge in [0, 0.05) is 18.3 Å². The molecule has 0 aliphatic heterocycles. The quantitative estimate of drug-likeness (QED) is 0.767. The van der Waals surface area contributed by atoms with Gasteiger partial charge in [-0.2, -0.15) is 0 Å². The summed E-state index contributed by atoms with van der Waals surface area (Å²) < 4.78 is 0. The Balaban J connectivity index is 2.94. The minimum atomic E-state index is -0.855. The molecule has 0 radical (unpaired) electrons. The number of hydrogen-bond donors (Lipinski definition) is 3. The summed E-state index contributed by atoms with van der Waals surface area (Å²) in [6.07, 6.45) is 1.15. The van der Waals surface area contributed by atoms with Crippen LogP contribution in [0, 0.1) is 6.92 Å². The molecule has 2 amide bonds. The molecular formula is C15H23N3O2. The molecule has 4 N–H and O–H groups in total. The highest BCUT2D eigenvalue weighted by molar-refractivity contribution is 5.99. The van der Waals surface area contributed by atoms with Gasteiger partial charge in [-0.3, -0.25) is 9.59 Å². The van der Waals surface area contributed by atoms with Gasteiger partial charge < -0.3 is 16.4 Å². The van der Waals surface area contributed by atoms with Crippen molar-refractivity contribution in [1.29, 1.82) is 0 Å². The topological polar surface area (TPSA) is 84.2 Å². The molecule has 0 saturated carbocycles. The van der Waals surface area contributed by atoms with E-state index in [2.05, 4.69) is 10.6 Å². The summed E-state index contributed by atoms with van der Waals surface area (Å²) in [5, 5.41) is 5.41. The summed E-state index contributed by atoms with van der Waals surface area (Å²) >= 11 is 0. The number of carbonyl (C=O) groups is 2. The first-order chi connectivity index (χ1) is 9.37. The Bertz CT molecular complexity index is 508. The number of benzene rings is 1. The maximum atomic E-state index is 12.2. The smallest absolute Gasteiger partial charge is 0.251 e. The molecule has 0 fully saturated rings. The van der Waals surface area contributed by atoms with Crippen LogP contribution < -0.4 is 16.4 Å². The third-order valence-electron chi connectivity index (χ3n) is 3.68. The Morgan fingerprint density at radius 1 is 1.25 bits per heavy atom. The van der Waals surface area contributed by atoms with Gasteiger partial charge in [-0.25, -0.2) is 0 Å². The van der Waals surface area contributed by atoms with Crippen LogP contribution >= 0.6 is 0 Å². The fourth-order valence-electron chi connectivity index (χ4n) is 1.91. The van der Waals surface area contributed by atoms with E-state index < -0.39 is 5.54 Å². The monoisotopic (exact) mass is 277 g/mol. The zero-order valence-corrected chi connectivity index (χ0v) is 12.5. The van der Waals surface area contributed by atoms with Gasteiger partial charge in [0.2, 0.25) is 5.91 Å². The van der Waals surface area contributed by atoms with Gasteiger partial charge in [-0.05, 0) is 43.5 Å². The second-order valence-electron chi connectivity index (χ2n) is 4.93. The van der Waals surface area contributed by atoms with Crippen molar-refractivity contribution in [3.63, 3.8) is 0 Å². The SMILES string of the molecule is CCC(N)(CC)C(=O)Nc1ccc(C(=O)NC)cc1C. The molecule has 1 rings (SSSR count). The maximum absolute atomic E-state index is 12.2. The highest BCUT2D eigenvalue weighted by atomic mass is 16.2. The lowest BCUT2D eigenvalue weighted by Crippen LogP contribution is -2.50. The number of anilines is 1. The first-order valence-corrected chi connectivity index (χ1v) is 6.81. The Morgan fingerprint density at radius 2 is 1.85 bits per heavy atom. The van der Waals surface area contributed by atoms with Gasteiger partial charge in [0.15, 0.2) is 0 Å². The Morgan fingerprint density at radius 3 is 2.30 bits per heavy atom. The number of carbonyl (C=O) groups excluding carboxylic acids is 2. The lowest BCUT2D eigenvalue weighted by molar-refractivity contribution is -0.121. The number of nitrogens with two attached hydrogens (primary N) is 1. The molecule has 0 unspecified atom stereocenters. The average molecular weight is 277 g/mol. The molecule has 0 saturated heterocycles. The van der Waals surface area contributed by atoms with E-state index in [0.29, 0.717) is 24.1 Å². The third-order valence-corrected chi connectivity index (χ3v) is 3.68. The van der Waals surface area contributed by atoms with E-state index in [4.69, 9.17) is 5.73 Å². The standard InChI is InChI=1S/C15H23N3O2/c1-5-15(16,6-2)14(20)18-12-8-7-11(9-10(12)3)13(19)17-4/h7-9H,5-6,16H2,1-4H3,(H,17,19)(H,18,20). The number of hydrogen-bond acceptors (Lipinski definition) is 3. The van der Waals surface area contributed by atoms with Crippen LogP contribution in [0.4, 0.5) is 5.69 Å². The molecule has 5 heteroatoms. The van der Waals surface area contributed by atoms with Crippen molar-refractivity contribution in [2.24, 2.45) is 5.73 Å². The van der Waals surface area contributed by atoms with Gasteiger partial charge >= 0.3 is 0 Å². The lowest BCUT2D eigenvalue weighted by Gasteiger charge is -2.25. The summed E-state index contributed by atoms with van der Waals surface area (Å²) in [7, 11) is 1.58. The molecule has 1 aromatic carbocycles. The molecule has 110 valence electrons. The normalized spacial score (nSPS) is 11.1. The van der Waals surface area contributed by atoms with Crippen LogP contribution in [-0.4, -0.2) is 24.4 Å². The minimum absolute atomic E-state index is 0.152. The van der Waals surface area contributed by atoms with Crippen LogP contribution in [0.5, 0.6) is 0 Å². The molecule has 5 nitrogen and oxygen atoms in total. The lowest BCUT2D eigenvalue weighted by atomic mass is 9.93. The minimum Gasteiger partial charge on any atom is -0.355 e. The average Bonchev–Trinajstić information content (AvgIpc) is 2.47. The molecule has 0 atom stereocenters. The number of amides is 2. The van der Waals surface area contributed by atoms with E-state index in [-0.39, 0.29) is 11.8 Å². The zero-order valence-electron chi connectivity index (χ0n) is 12.5. The van der Waals surface area contributed by atoms with E-state index in [1.807, 2.05) is 20.8 Å². The fourth-order valence-corrected chi connectivity index (χ4v) is 1.91.